The topological polar surface area (TPSA) is 28.2 Å². The molecule has 2 aromatic rings. The molecule has 0 fully saturated rings. The normalized spacial score (nSPS) is 20.7. The first kappa shape index (κ1) is 20.4. The third-order valence-electron chi connectivity index (χ3n) is 6.31. The quantitative estimate of drug-likeness (QED) is 0.695. The van der Waals surface area contributed by atoms with E-state index in [2.05, 4.69) is 68.3 Å². The van der Waals surface area contributed by atoms with Crippen LogP contribution >= 0.6 is 11.3 Å². The molecule has 4 heteroatoms. The Balaban J connectivity index is 1.50. The van der Waals surface area contributed by atoms with E-state index in [0.717, 1.165) is 32.4 Å². The van der Waals surface area contributed by atoms with Crippen LogP contribution in [0.1, 0.15) is 59.8 Å². The van der Waals surface area contributed by atoms with Crippen molar-refractivity contribution in [2.75, 3.05) is 13.1 Å². The number of nitrogens with one attached hydrogen (secondary N) is 1. The lowest BCUT2D eigenvalue weighted by Crippen LogP contribution is -2.44. The molecule has 0 bridgehead atoms. The number of thiazole rings is 1. The molecule has 1 aromatic heterocycles. The number of nitrogens with zero attached hydrogens (tertiary/aromatic N) is 2. The smallest absolute Gasteiger partial charge is 0.0900 e. The Bertz CT molecular complexity index is 937. The summed E-state index contributed by atoms with van der Waals surface area (Å²) >= 11 is 1.89. The molecule has 1 unspecified atom stereocenters. The summed E-state index contributed by atoms with van der Waals surface area (Å²) in [5, 5.41) is 5.06. The van der Waals surface area contributed by atoms with E-state index in [1.807, 2.05) is 11.3 Å². The van der Waals surface area contributed by atoms with E-state index < -0.39 is 0 Å². The van der Waals surface area contributed by atoms with Gasteiger partial charge in [0.25, 0.3) is 0 Å². The average Bonchev–Trinajstić information content (AvgIpc) is 3.09. The number of benzene rings is 1. The van der Waals surface area contributed by atoms with Crippen LogP contribution in [0.5, 0.6) is 0 Å². The zero-order valence-corrected chi connectivity index (χ0v) is 19.0. The maximum absolute atomic E-state index is 4.81. The monoisotopic (exact) mass is 407 g/mol. The molecule has 4 rings (SSSR count). The fourth-order valence-electron chi connectivity index (χ4n) is 4.61. The minimum absolute atomic E-state index is 0.617. The highest BCUT2D eigenvalue weighted by Crippen LogP contribution is 2.31. The van der Waals surface area contributed by atoms with Gasteiger partial charge in [-0.3, -0.25) is 4.90 Å². The summed E-state index contributed by atoms with van der Waals surface area (Å²) in [6.07, 6.45) is 8.07. The predicted molar refractivity (Wildman–Crippen MR) is 124 cm³/mol. The number of aromatic nitrogens is 1. The van der Waals surface area contributed by atoms with E-state index in [-0.39, 0.29) is 0 Å². The van der Waals surface area contributed by atoms with Crippen molar-refractivity contribution in [3.8, 4) is 0 Å². The lowest BCUT2D eigenvalue weighted by Gasteiger charge is -2.38. The van der Waals surface area contributed by atoms with E-state index >= 15 is 0 Å². The summed E-state index contributed by atoms with van der Waals surface area (Å²) < 4.78 is 0. The van der Waals surface area contributed by atoms with Gasteiger partial charge in [-0.15, -0.1) is 11.3 Å². The Morgan fingerprint density at radius 2 is 2.07 bits per heavy atom. The first-order valence-electron chi connectivity index (χ1n) is 11.0. The Hall–Kier alpha value is -1.91. The van der Waals surface area contributed by atoms with Gasteiger partial charge < -0.3 is 5.32 Å². The molecule has 2 heterocycles. The molecule has 1 N–H and O–H groups in total. The van der Waals surface area contributed by atoms with Crippen molar-refractivity contribution in [3.63, 3.8) is 0 Å². The molecular formula is C25H33N3S. The number of hydrogen-bond acceptors (Lipinski definition) is 4. The predicted octanol–water partition coefficient (Wildman–Crippen LogP) is 5.64. The minimum Gasteiger partial charge on any atom is -0.358 e. The highest BCUT2D eigenvalue weighted by atomic mass is 32.1. The van der Waals surface area contributed by atoms with Crippen LogP contribution in [-0.4, -0.2) is 29.0 Å². The fourth-order valence-corrected chi connectivity index (χ4v) is 5.59. The summed E-state index contributed by atoms with van der Waals surface area (Å²) in [6.45, 7) is 11.0. The Morgan fingerprint density at radius 1 is 1.24 bits per heavy atom. The summed E-state index contributed by atoms with van der Waals surface area (Å²) in [4.78, 5) is 9.02. The maximum atomic E-state index is 4.81. The molecule has 2 aliphatic rings. The first-order valence-corrected chi connectivity index (χ1v) is 11.8. The number of rotatable bonds is 5. The second kappa shape index (κ2) is 8.85. The molecule has 3 nitrogen and oxygen atoms in total. The third kappa shape index (κ3) is 4.49. The van der Waals surface area contributed by atoms with Gasteiger partial charge in [0.2, 0.25) is 0 Å². The van der Waals surface area contributed by atoms with Crippen LogP contribution in [0, 0.1) is 13.8 Å². The average molecular weight is 408 g/mol. The van der Waals surface area contributed by atoms with Crippen molar-refractivity contribution in [1.82, 2.24) is 15.2 Å². The molecule has 1 aromatic carbocycles. The van der Waals surface area contributed by atoms with E-state index in [1.165, 1.54) is 56.5 Å². The summed E-state index contributed by atoms with van der Waals surface area (Å²) in [5.74, 6) is 0. The van der Waals surface area contributed by atoms with Gasteiger partial charge in [-0.1, -0.05) is 42.8 Å². The Kier molecular flexibility index (Phi) is 6.21. The van der Waals surface area contributed by atoms with Crippen molar-refractivity contribution in [3.05, 3.63) is 68.3 Å². The molecular weight excluding hydrogens is 374 g/mol. The maximum Gasteiger partial charge on any atom is 0.0900 e. The second-order valence-corrected chi connectivity index (χ2v) is 9.73. The second-order valence-electron chi connectivity index (χ2n) is 8.44. The molecule has 154 valence electrons. The molecule has 0 spiro atoms. The van der Waals surface area contributed by atoms with Gasteiger partial charge in [-0.25, -0.2) is 4.98 Å². The number of aryl methyl sites for hydroxylation is 3. The van der Waals surface area contributed by atoms with Gasteiger partial charge in [0.1, 0.15) is 0 Å². The molecule has 1 aliphatic heterocycles. The van der Waals surface area contributed by atoms with Gasteiger partial charge in [-0.2, -0.15) is 0 Å². The van der Waals surface area contributed by atoms with Gasteiger partial charge in [0, 0.05) is 47.4 Å². The van der Waals surface area contributed by atoms with E-state index in [0.29, 0.717) is 6.04 Å². The molecule has 1 aliphatic carbocycles. The lowest BCUT2D eigenvalue weighted by atomic mass is 9.93. The molecule has 0 amide bonds. The van der Waals surface area contributed by atoms with Crippen molar-refractivity contribution >= 4 is 17.0 Å². The summed E-state index contributed by atoms with van der Waals surface area (Å²) in [5.41, 5.74) is 8.13. The zero-order chi connectivity index (χ0) is 20.4. The fraction of sp³-hybridized carbons (Fsp3) is 0.480. The summed E-state index contributed by atoms with van der Waals surface area (Å²) in [7, 11) is 0. The molecule has 0 saturated heterocycles. The largest absolute Gasteiger partial charge is 0.358 e. The van der Waals surface area contributed by atoms with Crippen LogP contribution in [0.2, 0.25) is 0 Å². The Morgan fingerprint density at radius 3 is 2.86 bits per heavy atom. The SMILES string of the molecule is CC/C=C(/NC1=C(C)CCN(C2CCc3sc(C)nc3C2)C1)c1ccccc1C. The Labute approximate surface area is 179 Å². The van der Waals surface area contributed by atoms with Crippen LogP contribution < -0.4 is 5.32 Å². The summed E-state index contributed by atoms with van der Waals surface area (Å²) in [6, 6.07) is 9.30. The van der Waals surface area contributed by atoms with Gasteiger partial charge in [-0.05, 0) is 52.0 Å². The van der Waals surface area contributed by atoms with Crippen molar-refractivity contribution in [1.29, 1.82) is 0 Å². The zero-order valence-electron chi connectivity index (χ0n) is 18.2. The van der Waals surface area contributed by atoms with E-state index in [9.17, 15) is 0 Å². The highest BCUT2D eigenvalue weighted by Gasteiger charge is 2.29. The minimum atomic E-state index is 0.617. The van der Waals surface area contributed by atoms with E-state index in [4.69, 9.17) is 4.98 Å². The molecule has 0 radical (unpaired) electrons. The van der Waals surface area contributed by atoms with Crippen molar-refractivity contribution in [2.24, 2.45) is 0 Å². The van der Waals surface area contributed by atoms with Crippen LogP contribution in [0.25, 0.3) is 5.70 Å². The van der Waals surface area contributed by atoms with Crippen LogP contribution in [0.3, 0.4) is 0 Å². The van der Waals surface area contributed by atoms with Crippen LogP contribution in [-0.2, 0) is 12.8 Å². The molecule has 1 atom stereocenters. The van der Waals surface area contributed by atoms with Crippen LogP contribution in [0.4, 0.5) is 0 Å². The number of hydrogen-bond donors (Lipinski definition) is 1. The van der Waals surface area contributed by atoms with E-state index in [1.54, 1.807) is 0 Å². The standard InChI is InChI=1S/C25H33N3S/c1-5-8-22(21-10-7-6-9-17(21)2)27-24-16-28(14-13-18(24)3)20-11-12-25-23(15-20)26-19(4)29-25/h6-10,20,27H,5,11-16H2,1-4H3/b22-8+. The lowest BCUT2D eigenvalue weighted by molar-refractivity contribution is 0.184. The van der Waals surface area contributed by atoms with Crippen molar-refractivity contribution in [2.45, 2.75) is 65.8 Å². The van der Waals surface area contributed by atoms with Gasteiger partial charge >= 0.3 is 0 Å². The number of fused-ring (bicyclic) bond motifs is 1. The first-order chi connectivity index (χ1) is 14.0. The number of allylic oxidation sites excluding steroid dienone is 1. The van der Waals surface area contributed by atoms with Crippen molar-refractivity contribution < 1.29 is 0 Å². The molecule has 0 saturated carbocycles. The third-order valence-corrected chi connectivity index (χ3v) is 7.39. The van der Waals surface area contributed by atoms with Crippen LogP contribution in [0.15, 0.2) is 41.6 Å². The van der Waals surface area contributed by atoms with Gasteiger partial charge in [0.05, 0.1) is 10.7 Å². The van der Waals surface area contributed by atoms with Gasteiger partial charge in [0.15, 0.2) is 0 Å². The highest BCUT2D eigenvalue weighted by molar-refractivity contribution is 7.11. The molecule has 29 heavy (non-hydrogen) atoms.